The fourth-order valence-electron chi connectivity index (χ4n) is 3.51. The van der Waals surface area contributed by atoms with Crippen LogP contribution in [0.3, 0.4) is 0 Å². The first kappa shape index (κ1) is 13.0. The molecule has 15 heavy (non-hydrogen) atoms. The van der Waals surface area contributed by atoms with E-state index in [1.165, 1.54) is 0 Å². The molecule has 0 atom stereocenters. The molecular formula is C13H24SSi. The van der Waals surface area contributed by atoms with Crippen molar-refractivity contribution in [3.05, 3.63) is 16.8 Å². The van der Waals surface area contributed by atoms with E-state index >= 15 is 0 Å². The zero-order valence-corrected chi connectivity index (χ0v) is 12.7. The van der Waals surface area contributed by atoms with Crippen molar-refractivity contribution in [3.63, 3.8) is 0 Å². The van der Waals surface area contributed by atoms with E-state index in [0.717, 1.165) is 16.6 Å². The predicted octanol–water partition coefficient (Wildman–Crippen LogP) is 4.63. The molecule has 1 heterocycles. The van der Waals surface area contributed by atoms with Crippen molar-refractivity contribution in [2.75, 3.05) is 0 Å². The molecule has 0 aromatic carbocycles. The van der Waals surface area contributed by atoms with Crippen LogP contribution in [0, 0.1) is 0 Å². The van der Waals surface area contributed by atoms with Crippen LogP contribution in [0.1, 0.15) is 41.5 Å². The van der Waals surface area contributed by atoms with Gasteiger partial charge in [0.15, 0.2) is 0 Å². The van der Waals surface area contributed by atoms with Gasteiger partial charge in [-0.05, 0) is 32.6 Å². The van der Waals surface area contributed by atoms with Gasteiger partial charge in [0.05, 0.1) is 8.07 Å². The van der Waals surface area contributed by atoms with E-state index in [2.05, 4.69) is 58.4 Å². The van der Waals surface area contributed by atoms with Crippen molar-refractivity contribution in [2.24, 2.45) is 0 Å². The largest absolute Gasteiger partial charge is 0.153 e. The van der Waals surface area contributed by atoms with Gasteiger partial charge in [-0.1, -0.05) is 47.6 Å². The molecule has 1 aromatic rings. The van der Waals surface area contributed by atoms with Gasteiger partial charge in [-0.3, -0.25) is 0 Å². The maximum absolute atomic E-state index is 2.42. The molecule has 0 N–H and O–H groups in total. The Hall–Kier alpha value is -0.0831. The highest BCUT2D eigenvalue weighted by molar-refractivity contribution is 7.11. The van der Waals surface area contributed by atoms with Crippen LogP contribution < -0.4 is 5.19 Å². The summed E-state index contributed by atoms with van der Waals surface area (Å²) in [5.74, 6) is 0. The number of hydrogen-bond acceptors (Lipinski definition) is 1. The standard InChI is InChI=1S/C13H24SSi/c1-10(2)15(11(3)4,12(5)6)13-7-8-14-9-13/h7-12H,1-6H3. The zero-order valence-electron chi connectivity index (χ0n) is 10.9. The summed E-state index contributed by atoms with van der Waals surface area (Å²) in [4.78, 5) is 0. The highest BCUT2D eigenvalue weighted by Gasteiger charge is 2.44. The summed E-state index contributed by atoms with van der Waals surface area (Å²) in [5.41, 5.74) is 2.48. The molecule has 0 saturated carbocycles. The van der Waals surface area contributed by atoms with Crippen molar-refractivity contribution in [3.8, 4) is 0 Å². The number of thiophene rings is 1. The lowest BCUT2D eigenvalue weighted by atomic mass is 10.5. The summed E-state index contributed by atoms with van der Waals surface area (Å²) in [6.07, 6.45) is 0. The Kier molecular flexibility index (Phi) is 4.18. The Balaban J connectivity index is 3.27. The van der Waals surface area contributed by atoms with E-state index in [4.69, 9.17) is 0 Å². The molecule has 0 nitrogen and oxygen atoms in total. The highest BCUT2D eigenvalue weighted by atomic mass is 32.1. The fourth-order valence-corrected chi connectivity index (χ4v) is 11.6. The summed E-state index contributed by atoms with van der Waals surface area (Å²) >= 11 is 1.85. The lowest BCUT2D eigenvalue weighted by molar-refractivity contribution is 0.835. The predicted molar refractivity (Wildman–Crippen MR) is 75.0 cm³/mol. The van der Waals surface area contributed by atoms with Crippen molar-refractivity contribution in [2.45, 2.75) is 58.2 Å². The van der Waals surface area contributed by atoms with Gasteiger partial charge < -0.3 is 0 Å². The molecule has 1 rings (SSSR count). The maximum Gasteiger partial charge on any atom is 0.0953 e. The molecule has 2 heteroatoms. The van der Waals surface area contributed by atoms with E-state index < -0.39 is 8.07 Å². The third-order valence-corrected chi connectivity index (χ3v) is 11.8. The molecule has 0 bridgehead atoms. The average Bonchev–Trinajstić information content (AvgIpc) is 2.55. The summed E-state index contributed by atoms with van der Waals surface area (Å²) in [5, 5.41) is 6.31. The summed E-state index contributed by atoms with van der Waals surface area (Å²) in [6, 6.07) is 2.37. The minimum atomic E-state index is -1.34. The summed E-state index contributed by atoms with van der Waals surface area (Å²) in [6.45, 7) is 14.5. The van der Waals surface area contributed by atoms with Gasteiger partial charge in [0.1, 0.15) is 0 Å². The van der Waals surface area contributed by atoms with E-state index in [0.29, 0.717) is 0 Å². The van der Waals surface area contributed by atoms with Crippen LogP contribution >= 0.6 is 11.3 Å². The van der Waals surface area contributed by atoms with E-state index in [-0.39, 0.29) is 0 Å². The Morgan fingerprint density at radius 1 is 0.933 bits per heavy atom. The number of hydrogen-bond donors (Lipinski definition) is 0. The van der Waals surface area contributed by atoms with Crippen LogP contribution in [0.4, 0.5) is 0 Å². The Labute approximate surface area is 99.7 Å². The maximum atomic E-state index is 2.42. The van der Waals surface area contributed by atoms with Crippen LogP contribution in [0.5, 0.6) is 0 Å². The first-order valence-electron chi connectivity index (χ1n) is 5.96. The quantitative estimate of drug-likeness (QED) is 0.673. The Bertz CT molecular complexity index is 264. The van der Waals surface area contributed by atoms with Crippen LogP contribution in [-0.4, -0.2) is 8.07 Å². The monoisotopic (exact) mass is 240 g/mol. The Morgan fingerprint density at radius 3 is 1.67 bits per heavy atom. The SMILES string of the molecule is CC(C)[Si](c1ccsc1)(C(C)C)C(C)C. The third-order valence-electron chi connectivity index (χ3n) is 3.89. The van der Waals surface area contributed by atoms with Gasteiger partial charge in [-0.15, -0.1) is 0 Å². The third kappa shape index (κ3) is 2.07. The molecule has 0 aliphatic rings. The van der Waals surface area contributed by atoms with Crippen molar-refractivity contribution in [1.82, 2.24) is 0 Å². The zero-order chi connectivity index (χ0) is 11.6. The highest BCUT2D eigenvalue weighted by Crippen LogP contribution is 2.41. The summed E-state index contributed by atoms with van der Waals surface area (Å²) in [7, 11) is -1.34. The minimum Gasteiger partial charge on any atom is -0.153 e. The van der Waals surface area contributed by atoms with E-state index in [1.54, 1.807) is 5.19 Å². The average molecular weight is 240 g/mol. The van der Waals surface area contributed by atoms with Gasteiger partial charge >= 0.3 is 0 Å². The lowest BCUT2D eigenvalue weighted by Crippen LogP contribution is -2.54. The van der Waals surface area contributed by atoms with Crippen LogP contribution in [0.15, 0.2) is 16.8 Å². The second-order valence-corrected chi connectivity index (χ2v) is 12.1. The Morgan fingerprint density at radius 2 is 1.40 bits per heavy atom. The first-order chi connectivity index (χ1) is 6.94. The van der Waals surface area contributed by atoms with Gasteiger partial charge in [0.25, 0.3) is 0 Å². The van der Waals surface area contributed by atoms with Gasteiger partial charge in [0, 0.05) is 0 Å². The topological polar surface area (TPSA) is 0 Å². The molecule has 0 spiro atoms. The van der Waals surface area contributed by atoms with E-state index in [1.807, 2.05) is 11.3 Å². The minimum absolute atomic E-state index is 0.826. The number of rotatable bonds is 4. The smallest absolute Gasteiger partial charge is 0.0953 e. The fraction of sp³-hybridized carbons (Fsp3) is 0.692. The molecule has 0 aliphatic heterocycles. The van der Waals surface area contributed by atoms with Crippen LogP contribution in [0.25, 0.3) is 0 Å². The second kappa shape index (κ2) is 4.83. The molecule has 1 aromatic heterocycles. The normalized spacial score (nSPS) is 13.1. The van der Waals surface area contributed by atoms with Crippen molar-refractivity contribution in [1.29, 1.82) is 0 Å². The molecule has 0 aliphatic carbocycles. The molecule has 86 valence electrons. The first-order valence-corrected chi connectivity index (χ1v) is 9.14. The van der Waals surface area contributed by atoms with Gasteiger partial charge in [-0.25, -0.2) is 0 Å². The second-order valence-electron chi connectivity index (χ2n) is 5.41. The van der Waals surface area contributed by atoms with Crippen molar-refractivity contribution < 1.29 is 0 Å². The van der Waals surface area contributed by atoms with Crippen LogP contribution in [-0.2, 0) is 0 Å². The van der Waals surface area contributed by atoms with Crippen LogP contribution in [0.2, 0.25) is 16.6 Å². The van der Waals surface area contributed by atoms with Crippen molar-refractivity contribution >= 4 is 24.6 Å². The lowest BCUT2D eigenvalue weighted by Gasteiger charge is -2.43. The molecule has 0 saturated heterocycles. The van der Waals surface area contributed by atoms with Gasteiger partial charge in [-0.2, -0.15) is 11.3 Å². The molecule has 0 amide bonds. The molecule has 0 unspecified atom stereocenters. The van der Waals surface area contributed by atoms with E-state index in [9.17, 15) is 0 Å². The molecule has 0 fully saturated rings. The van der Waals surface area contributed by atoms with Gasteiger partial charge in [0.2, 0.25) is 0 Å². The summed E-state index contributed by atoms with van der Waals surface area (Å²) < 4.78 is 0. The molecular weight excluding hydrogens is 216 g/mol. The molecule has 0 radical (unpaired) electrons.